The molecule has 3 rings (SSSR count). The molecule has 0 aliphatic carbocycles. The van der Waals surface area contributed by atoms with E-state index in [9.17, 15) is 0 Å². The number of nitrogens with one attached hydrogen (secondary N) is 1. The van der Waals surface area contributed by atoms with Crippen molar-refractivity contribution in [1.82, 2.24) is 15.1 Å². The highest BCUT2D eigenvalue weighted by molar-refractivity contribution is 5.54. The Morgan fingerprint density at radius 2 is 2.21 bits per heavy atom. The van der Waals surface area contributed by atoms with E-state index >= 15 is 0 Å². The number of hydrogen-bond acceptors (Lipinski definition) is 3. The van der Waals surface area contributed by atoms with Gasteiger partial charge < -0.3 is 10.2 Å². The molecule has 1 aromatic heterocycles. The standard InChI is InChI=1S/C15H20N4/c1-18-12-13(10-17-18)6-8-19-9-7-16-11-14-4-2-3-5-15(14)19/h2-5,10,12,16H,6-9,11H2,1H3. The molecule has 0 unspecified atom stereocenters. The minimum Gasteiger partial charge on any atom is -0.370 e. The zero-order valence-electron chi connectivity index (χ0n) is 11.3. The maximum atomic E-state index is 4.23. The third-order valence-corrected chi connectivity index (χ3v) is 3.63. The van der Waals surface area contributed by atoms with Gasteiger partial charge in [0, 0.05) is 45.1 Å². The molecule has 2 heterocycles. The molecule has 1 N–H and O–H groups in total. The first-order valence-corrected chi connectivity index (χ1v) is 6.84. The molecule has 1 aliphatic rings. The summed E-state index contributed by atoms with van der Waals surface area (Å²) in [5.74, 6) is 0. The van der Waals surface area contributed by atoms with Crippen molar-refractivity contribution in [3.8, 4) is 0 Å². The van der Waals surface area contributed by atoms with Gasteiger partial charge in [0.25, 0.3) is 0 Å². The van der Waals surface area contributed by atoms with Crippen LogP contribution in [0.5, 0.6) is 0 Å². The average Bonchev–Trinajstić information content (AvgIpc) is 2.73. The summed E-state index contributed by atoms with van der Waals surface area (Å²) in [6.45, 7) is 4.13. The quantitative estimate of drug-likeness (QED) is 0.905. The molecule has 0 saturated carbocycles. The Kier molecular flexibility index (Phi) is 3.51. The third kappa shape index (κ3) is 2.79. The maximum Gasteiger partial charge on any atom is 0.0522 e. The van der Waals surface area contributed by atoms with E-state index in [0.717, 1.165) is 32.6 Å². The Labute approximate surface area is 114 Å². The SMILES string of the molecule is Cn1cc(CCN2CCNCc3ccccc32)cn1. The van der Waals surface area contributed by atoms with Crippen molar-refractivity contribution in [2.24, 2.45) is 7.05 Å². The fourth-order valence-electron chi connectivity index (χ4n) is 2.62. The fraction of sp³-hybridized carbons (Fsp3) is 0.400. The predicted molar refractivity (Wildman–Crippen MR) is 77.3 cm³/mol. The van der Waals surface area contributed by atoms with Gasteiger partial charge in [-0.2, -0.15) is 5.10 Å². The summed E-state index contributed by atoms with van der Waals surface area (Å²) < 4.78 is 1.87. The summed E-state index contributed by atoms with van der Waals surface area (Å²) in [5.41, 5.74) is 4.07. The van der Waals surface area contributed by atoms with E-state index < -0.39 is 0 Å². The molecular formula is C15H20N4. The number of nitrogens with zero attached hydrogens (tertiary/aromatic N) is 3. The number of aryl methyl sites for hydroxylation is 1. The van der Waals surface area contributed by atoms with Gasteiger partial charge in [0.2, 0.25) is 0 Å². The molecule has 0 spiro atoms. The molecule has 0 amide bonds. The number of anilines is 1. The number of benzene rings is 1. The number of hydrogen-bond donors (Lipinski definition) is 1. The van der Waals surface area contributed by atoms with Gasteiger partial charge in [-0.3, -0.25) is 4.68 Å². The Morgan fingerprint density at radius 3 is 3.05 bits per heavy atom. The van der Waals surface area contributed by atoms with E-state index in [1.165, 1.54) is 16.8 Å². The van der Waals surface area contributed by atoms with Crippen LogP contribution in [0.1, 0.15) is 11.1 Å². The fourth-order valence-corrected chi connectivity index (χ4v) is 2.62. The van der Waals surface area contributed by atoms with Gasteiger partial charge in [-0.1, -0.05) is 18.2 Å². The number of aromatic nitrogens is 2. The summed E-state index contributed by atoms with van der Waals surface area (Å²) >= 11 is 0. The molecule has 0 bridgehead atoms. The summed E-state index contributed by atoms with van der Waals surface area (Å²) in [5, 5.41) is 7.71. The lowest BCUT2D eigenvalue weighted by molar-refractivity contribution is 0.686. The maximum absolute atomic E-state index is 4.23. The molecule has 1 aliphatic heterocycles. The Balaban J connectivity index is 1.73. The molecule has 4 heteroatoms. The molecule has 0 saturated heterocycles. The van der Waals surface area contributed by atoms with Crippen molar-refractivity contribution in [2.45, 2.75) is 13.0 Å². The highest BCUT2D eigenvalue weighted by Crippen LogP contribution is 2.22. The van der Waals surface area contributed by atoms with Crippen LogP contribution in [0.2, 0.25) is 0 Å². The highest BCUT2D eigenvalue weighted by atomic mass is 15.2. The first-order chi connectivity index (χ1) is 9.33. The summed E-state index contributed by atoms with van der Waals surface area (Å²) in [6, 6.07) is 8.68. The Bertz CT molecular complexity index is 547. The van der Waals surface area contributed by atoms with Crippen molar-refractivity contribution < 1.29 is 0 Å². The van der Waals surface area contributed by atoms with Gasteiger partial charge in [0.05, 0.1) is 6.20 Å². The van der Waals surface area contributed by atoms with Crippen LogP contribution in [0, 0.1) is 0 Å². The van der Waals surface area contributed by atoms with E-state index in [-0.39, 0.29) is 0 Å². The summed E-state index contributed by atoms with van der Waals surface area (Å²) in [6.07, 6.45) is 5.10. The lowest BCUT2D eigenvalue weighted by atomic mass is 10.1. The average molecular weight is 256 g/mol. The topological polar surface area (TPSA) is 33.1 Å². The molecular weight excluding hydrogens is 236 g/mol. The van der Waals surface area contributed by atoms with E-state index in [1.807, 2.05) is 17.9 Å². The monoisotopic (exact) mass is 256 g/mol. The van der Waals surface area contributed by atoms with Crippen molar-refractivity contribution in [1.29, 1.82) is 0 Å². The normalized spacial score (nSPS) is 15.1. The van der Waals surface area contributed by atoms with Gasteiger partial charge in [-0.15, -0.1) is 0 Å². The van der Waals surface area contributed by atoms with Gasteiger partial charge in [-0.25, -0.2) is 0 Å². The minimum atomic E-state index is 0.972. The lowest BCUT2D eigenvalue weighted by Gasteiger charge is -2.24. The van der Waals surface area contributed by atoms with Crippen LogP contribution in [-0.2, 0) is 20.0 Å². The van der Waals surface area contributed by atoms with Gasteiger partial charge >= 0.3 is 0 Å². The van der Waals surface area contributed by atoms with E-state index in [4.69, 9.17) is 0 Å². The van der Waals surface area contributed by atoms with E-state index in [1.54, 1.807) is 0 Å². The van der Waals surface area contributed by atoms with Crippen LogP contribution in [0.4, 0.5) is 5.69 Å². The molecule has 0 atom stereocenters. The molecule has 100 valence electrons. The van der Waals surface area contributed by atoms with Crippen LogP contribution in [0.15, 0.2) is 36.7 Å². The van der Waals surface area contributed by atoms with Gasteiger partial charge in [0.1, 0.15) is 0 Å². The highest BCUT2D eigenvalue weighted by Gasteiger charge is 2.14. The van der Waals surface area contributed by atoms with Gasteiger partial charge in [0.15, 0.2) is 0 Å². The summed E-state index contributed by atoms with van der Waals surface area (Å²) in [4.78, 5) is 2.47. The largest absolute Gasteiger partial charge is 0.370 e. The molecule has 0 fully saturated rings. The second-order valence-electron chi connectivity index (χ2n) is 5.06. The van der Waals surface area contributed by atoms with E-state index in [2.05, 4.69) is 45.8 Å². The first-order valence-electron chi connectivity index (χ1n) is 6.84. The number of para-hydroxylation sites is 1. The summed E-state index contributed by atoms with van der Waals surface area (Å²) in [7, 11) is 1.97. The van der Waals surface area contributed by atoms with Crippen molar-refractivity contribution >= 4 is 5.69 Å². The minimum absolute atomic E-state index is 0.972. The Hall–Kier alpha value is -1.81. The smallest absolute Gasteiger partial charge is 0.0522 e. The van der Waals surface area contributed by atoms with E-state index in [0.29, 0.717) is 0 Å². The zero-order valence-corrected chi connectivity index (χ0v) is 11.3. The Morgan fingerprint density at radius 1 is 1.32 bits per heavy atom. The number of fused-ring (bicyclic) bond motifs is 1. The van der Waals surface area contributed by atoms with Crippen LogP contribution >= 0.6 is 0 Å². The zero-order chi connectivity index (χ0) is 13.1. The second-order valence-corrected chi connectivity index (χ2v) is 5.06. The van der Waals surface area contributed by atoms with Crippen molar-refractivity contribution in [2.75, 3.05) is 24.5 Å². The third-order valence-electron chi connectivity index (χ3n) is 3.63. The van der Waals surface area contributed by atoms with Crippen molar-refractivity contribution in [3.63, 3.8) is 0 Å². The lowest BCUT2D eigenvalue weighted by Crippen LogP contribution is -2.30. The molecule has 1 aromatic carbocycles. The molecule has 0 radical (unpaired) electrons. The predicted octanol–water partition coefficient (Wildman–Crippen LogP) is 1.57. The second kappa shape index (κ2) is 5.45. The van der Waals surface area contributed by atoms with Gasteiger partial charge in [-0.05, 0) is 23.6 Å². The van der Waals surface area contributed by atoms with Crippen LogP contribution in [-0.4, -0.2) is 29.4 Å². The van der Waals surface area contributed by atoms with Crippen LogP contribution in [0.25, 0.3) is 0 Å². The molecule has 4 nitrogen and oxygen atoms in total. The van der Waals surface area contributed by atoms with Crippen LogP contribution < -0.4 is 10.2 Å². The molecule has 19 heavy (non-hydrogen) atoms. The first kappa shape index (κ1) is 12.2. The number of rotatable bonds is 3. The van der Waals surface area contributed by atoms with Crippen LogP contribution in [0.3, 0.4) is 0 Å². The van der Waals surface area contributed by atoms with Crippen molar-refractivity contribution in [3.05, 3.63) is 47.8 Å². The molecule has 2 aromatic rings.